The SMILES string of the molecule is CC[C@@H](CO)NC(=O)c1cc2ccccc2o1. The van der Waals surface area contributed by atoms with Gasteiger partial charge in [-0.2, -0.15) is 0 Å². The Labute approximate surface area is 99.2 Å². The first-order valence-corrected chi connectivity index (χ1v) is 5.65. The molecule has 1 atom stereocenters. The Morgan fingerprint density at radius 2 is 2.24 bits per heavy atom. The zero-order valence-corrected chi connectivity index (χ0v) is 9.64. The Kier molecular flexibility index (Phi) is 3.44. The summed E-state index contributed by atoms with van der Waals surface area (Å²) in [4.78, 5) is 11.8. The molecule has 2 N–H and O–H groups in total. The van der Waals surface area contributed by atoms with E-state index in [1.807, 2.05) is 31.2 Å². The maximum atomic E-state index is 11.8. The molecule has 17 heavy (non-hydrogen) atoms. The second-order valence-electron chi connectivity index (χ2n) is 3.91. The zero-order valence-electron chi connectivity index (χ0n) is 9.64. The molecule has 0 spiro atoms. The third-order valence-electron chi connectivity index (χ3n) is 2.70. The lowest BCUT2D eigenvalue weighted by Gasteiger charge is -2.12. The van der Waals surface area contributed by atoms with Gasteiger partial charge in [-0.05, 0) is 18.6 Å². The van der Waals surface area contributed by atoms with Crippen LogP contribution in [0.1, 0.15) is 23.9 Å². The molecule has 4 heteroatoms. The minimum absolute atomic E-state index is 0.0670. The fourth-order valence-corrected chi connectivity index (χ4v) is 1.63. The molecule has 4 nitrogen and oxygen atoms in total. The Morgan fingerprint density at radius 1 is 1.47 bits per heavy atom. The zero-order chi connectivity index (χ0) is 12.3. The number of hydrogen-bond donors (Lipinski definition) is 2. The van der Waals surface area contributed by atoms with E-state index < -0.39 is 0 Å². The minimum atomic E-state index is -0.290. The molecule has 0 aliphatic heterocycles. The number of carbonyl (C=O) groups is 1. The van der Waals surface area contributed by atoms with Crippen molar-refractivity contribution in [1.82, 2.24) is 5.32 Å². The summed E-state index contributed by atoms with van der Waals surface area (Å²) in [7, 11) is 0. The van der Waals surface area contributed by atoms with E-state index in [-0.39, 0.29) is 24.3 Å². The van der Waals surface area contributed by atoms with Crippen molar-refractivity contribution < 1.29 is 14.3 Å². The third kappa shape index (κ3) is 2.47. The standard InChI is InChI=1S/C13H15NO3/c1-2-10(8-15)14-13(16)12-7-9-5-3-4-6-11(9)17-12/h3-7,10,15H,2,8H2,1H3,(H,14,16)/t10-/m0/s1. The van der Waals surface area contributed by atoms with Gasteiger partial charge in [0, 0.05) is 5.39 Å². The van der Waals surface area contributed by atoms with Crippen molar-refractivity contribution in [1.29, 1.82) is 0 Å². The van der Waals surface area contributed by atoms with Crippen LogP contribution in [0, 0.1) is 0 Å². The molecule has 2 aromatic rings. The van der Waals surface area contributed by atoms with E-state index in [4.69, 9.17) is 9.52 Å². The van der Waals surface area contributed by atoms with Gasteiger partial charge >= 0.3 is 0 Å². The Balaban J connectivity index is 2.19. The van der Waals surface area contributed by atoms with E-state index in [1.54, 1.807) is 6.07 Å². The van der Waals surface area contributed by atoms with Crippen LogP contribution in [0.4, 0.5) is 0 Å². The number of benzene rings is 1. The second kappa shape index (κ2) is 5.01. The molecule has 0 aliphatic rings. The summed E-state index contributed by atoms with van der Waals surface area (Å²) in [5.74, 6) is -0.0137. The van der Waals surface area contributed by atoms with Crippen molar-refractivity contribution in [3.05, 3.63) is 36.1 Å². The van der Waals surface area contributed by atoms with E-state index >= 15 is 0 Å². The summed E-state index contributed by atoms with van der Waals surface area (Å²) < 4.78 is 5.43. The van der Waals surface area contributed by atoms with Crippen LogP contribution >= 0.6 is 0 Å². The molecule has 0 fully saturated rings. The molecular formula is C13H15NO3. The van der Waals surface area contributed by atoms with Gasteiger partial charge in [0.25, 0.3) is 5.91 Å². The number of hydrogen-bond acceptors (Lipinski definition) is 3. The summed E-state index contributed by atoms with van der Waals surface area (Å²) in [6, 6.07) is 8.93. The van der Waals surface area contributed by atoms with Crippen molar-refractivity contribution in [2.45, 2.75) is 19.4 Å². The number of para-hydroxylation sites is 1. The van der Waals surface area contributed by atoms with Gasteiger partial charge in [-0.15, -0.1) is 0 Å². The fraction of sp³-hybridized carbons (Fsp3) is 0.308. The normalized spacial score (nSPS) is 12.6. The number of furan rings is 1. The number of carbonyl (C=O) groups excluding carboxylic acids is 1. The van der Waals surface area contributed by atoms with Crippen LogP contribution in [0.2, 0.25) is 0 Å². The van der Waals surface area contributed by atoms with Crippen molar-refractivity contribution in [3.8, 4) is 0 Å². The molecule has 1 aromatic heterocycles. The predicted octanol–water partition coefficient (Wildman–Crippen LogP) is 1.93. The number of fused-ring (bicyclic) bond motifs is 1. The van der Waals surface area contributed by atoms with Crippen molar-refractivity contribution in [3.63, 3.8) is 0 Å². The highest BCUT2D eigenvalue weighted by molar-refractivity contribution is 5.96. The molecule has 0 saturated heterocycles. The van der Waals surface area contributed by atoms with Crippen molar-refractivity contribution >= 4 is 16.9 Å². The van der Waals surface area contributed by atoms with E-state index in [2.05, 4.69) is 5.32 Å². The number of aliphatic hydroxyl groups excluding tert-OH is 1. The number of amides is 1. The highest BCUT2D eigenvalue weighted by atomic mass is 16.3. The average Bonchev–Trinajstić information content (AvgIpc) is 2.79. The summed E-state index contributed by atoms with van der Waals surface area (Å²) in [5, 5.41) is 12.6. The van der Waals surface area contributed by atoms with Gasteiger partial charge in [-0.25, -0.2) is 0 Å². The van der Waals surface area contributed by atoms with Gasteiger partial charge in [-0.1, -0.05) is 25.1 Å². The molecule has 0 unspecified atom stereocenters. The molecule has 1 aromatic carbocycles. The average molecular weight is 233 g/mol. The molecule has 0 bridgehead atoms. The molecule has 0 radical (unpaired) electrons. The monoisotopic (exact) mass is 233 g/mol. The first-order chi connectivity index (χ1) is 8.24. The van der Waals surface area contributed by atoms with Gasteiger partial charge in [0.15, 0.2) is 5.76 Å². The maximum Gasteiger partial charge on any atom is 0.287 e. The lowest BCUT2D eigenvalue weighted by Crippen LogP contribution is -2.36. The summed E-state index contributed by atoms with van der Waals surface area (Å²) in [5.41, 5.74) is 0.690. The Morgan fingerprint density at radius 3 is 2.88 bits per heavy atom. The van der Waals surface area contributed by atoms with Gasteiger partial charge in [0.1, 0.15) is 5.58 Å². The Bertz CT molecular complexity index is 481. The number of aliphatic hydroxyl groups is 1. The Hall–Kier alpha value is -1.81. The largest absolute Gasteiger partial charge is 0.451 e. The van der Waals surface area contributed by atoms with Crippen LogP contribution in [0.25, 0.3) is 11.0 Å². The van der Waals surface area contributed by atoms with E-state index in [1.165, 1.54) is 0 Å². The molecule has 1 heterocycles. The molecule has 90 valence electrons. The summed E-state index contributed by atoms with van der Waals surface area (Å²) in [6.45, 7) is 1.84. The van der Waals surface area contributed by atoms with Crippen LogP contribution in [0.3, 0.4) is 0 Å². The second-order valence-corrected chi connectivity index (χ2v) is 3.91. The lowest BCUT2D eigenvalue weighted by atomic mass is 10.2. The topological polar surface area (TPSA) is 62.5 Å². The lowest BCUT2D eigenvalue weighted by molar-refractivity contribution is 0.0889. The fourth-order valence-electron chi connectivity index (χ4n) is 1.63. The third-order valence-corrected chi connectivity index (χ3v) is 2.70. The number of nitrogens with one attached hydrogen (secondary N) is 1. The number of rotatable bonds is 4. The molecule has 2 rings (SSSR count). The summed E-state index contributed by atoms with van der Waals surface area (Å²) in [6.07, 6.45) is 0.683. The van der Waals surface area contributed by atoms with Gasteiger partial charge in [-0.3, -0.25) is 4.79 Å². The van der Waals surface area contributed by atoms with Gasteiger partial charge in [0.05, 0.1) is 12.6 Å². The maximum absolute atomic E-state index is 11.8. The molecule has 1 amide bonds. The smallest absolute Gasteiger partial charge is 0.287 e. The first-order valence-electron chi connectivity index (χ1n) is 5.65. The highest BCUT2D eigenvalue weighted by Gasteiger charge is 2.15. The van der Waals surface area contributed by atoms with Gasteiger partial charge < -0.3 is 14.8 Å². The van der Waals surface area contributed by atoms with Crippen molar-refractivity contribution in [2.24, 2.45) is 0 Å². The van der Waals surface area contributed by atoms with Crippen LogP contribution < -0.4 is 5.32 Å². The first kappa shape index (κ1) is 11.7. The van der Waals surface area contributed by atoms with Crippen LogP contribution in [-0.4, -0.2) is 23.7 Å². The van der Waals surface area contributed by atoms with Crippen LogP contribution in [0.5, 0.6) is 0 Å². The van der Waals surface area contributed by atoms with Crippen LogP contribution in [-0.2, 0) is 0 Å². The van der Waals surface area contributed by atoms with Crippen LogP contribution in [0.15, 0.2) is 34.7 Å². The minimum Gasteiger partial charge on any atom is -0.451 e. The van der Waals surface area contributed by atoms with Gasteiger partial charge in [0.2, 0.25) is 0 Å². The van der Waals surface area contributed by atoms with E-state index in [0.717, 1.165) is 5.39 Å². The van der Waals surface area contributed by atoms with Crippen molar-refractivity contribution in [2.75, 3.05) is 6.61 Å². The van der Waals surface area contributed by atoms with E-state index in [9.17, 15) is 4.79 Å². The molecule has 0 aliphatic carbocycles. The highest BCUT2D eigenvalue weighted by Crippen LogP contribution is 2.18. The molecule has 0 saturated carbocycles. The van der Waals surface area contributed by atoms with E-state index in [0.29, 0.717) is 12.0 Å². The summed E-state index contributed by atoms with van der Waals surface area (Å²) >= 11 is 0. The predicted molar refractivity (Wildman–Crippen MR) is 64.8 cm³/mol. The quantitative estimate of drug-likeness (QED) is 0.848. The molecular weight excluding hydrogens is 218 g/mol.